The van der Waals surface area contributed by atoms with E-state index in [4.69, 9.17) is 5.73 Å². The second-order valence-electron chi connectivity index (χ2n) is 4.15. The summed E-state index contributed by atoms with van der Waals surface area (Å²) in [5.41, 5.74) is 7.52. The van der Waals surface area contributed by atoms with Crippen molar-refractivity contribution < 1.29 is 0 Å². The molecular formula is C12H16BrN5. The van der Waals surface area contributed by atoms with Gasteiger partial charge in [0.15, 0.2) is 5.82 Å². The number of hydrogen-bond donors (Lipinski definition) is 1. The van der Waals surface area contributed by atoms with Gasteiger partial charge in [-0.2, -0.15) is 0 Å². The van der Waals surface area contributed by atoms with Crippen LogP contribution in [-0.2, 0) is 0 Å². The summed E-state index contributed by atoms with van der Waals surface area (Å²) in [7, 11) is 0. The van der Waals surface area contributed by atoms with E-state index in [-0.39, 0.29) is 0 Å². The molecule has 1 heterocycles. The van der Waals surface area contributed by atoms with Crippen molar-refractivity contribution in [2.24, 2.45) is 0 Å². The second-order valence-corrected chi connectivity index (χ2v) is 5.01. The lowest BCUT2D eigenvalue weighted by atomic mass is 10.1. The van der Waals surface area contributed by atoms with Gasteiger partial charge in [0, 0.05) is 15.7 Å². The Kier molecular flexibility index (Phi) is 3.96. The van der Waals surface area contributed by atoms with Gasteiger partial charge in [-0.1, -0.05) is 13.8 Å². The van der Waals surface area contributed by atoms with Gasteiger partial charge in [-0.25, -0.2) is 4.68 Å². The molecule has 0 aliphatic rings. The third kappa shape index (κ3) is 2.38. The monoisotopic (exact) mass is 309 g/mol. The maximum absolute atomic E-state index is 5.89. The Balaban J connectivity index is 2.45. The first-order chi connectivity index (χ1) is 8.67. The average molecular weight is 310 g/mol. The van der Waals surface area contributed by atoms with Crippen LogP contribution in [0.4, 0.5) is 5.69 Å². The highest BCUT2D eigenvalue weighted by Gasteiger charge is 2.15. The lowest BCUT2D eigenvalue weighted by Gasteiger charge is -2.14. The Morgan fingerprint density at radius 3 is 2.67 bits per heavy atom. The molecule has 0 saturated carbocycles. The van der Waals surface area contributed by atoms with Crippen molar-refractivity contribution >= 4 is 21.6 Å². The van der Waals surface area contributed by atoms with Crippen molar-refractivity contribution in [2.45, 2.75) is 32.7 Å². The molecule has 6 heteroatoms. The van der Waals surface area contributed by atoms with E-state index in [9.17, 15) is 0 Å². The van der Waals surface area contributed by atoms with Crippen LogP contribution in [0.3, 0.4) is 0 Å². The molecule has 18 heavy (non-hydrogen) atoms. The van der Waals surface area contributed by atoms with Gasteiger partial charge < -0.3 is 5.73 Å². The second kappa shape index (κ2) is 5.48. The van der Waals surface area contributed by atoms with Crippen LogP contribution >= 0.6 is 15.9 Å². The molecule has 0 atom stereocenters. The zero-order valence-corrected chi connectivity index (χ0v) is 12.1. The normalized spacial score (nSPS) is 11.1. The summed E-state index contributed by atoms with van der Waals surface area (Å²) in [5.74, 6) is 0.767. The quantitative estimate of drug-likeness (QED) is 0.881. The summed E-state index contributed by atoms with van der Waals surface area (Å²) >= 11 is 3.38. The van der Waals surface area contributed by atoms with E-state index < -0.39 is 0 Å². The Morgan fingerprint density at radius 1 is 1.33 bits per heavy atom. The molecule has 0 radical (unpaired) electrons. The minimum absolute atomic E-state index is 0.319. The fraction of sp³-hybridized carbons (Fsp3) is 0.417. The zero-order valence-electron chi connectivity index (χ0n) is 10.5. The standard InChI is InChI=1S/C12H16BrN5/c1-3-9(4-2)18-12(15-16-17-18)8-5-6-10(13)11(14)7-8/h5-7,9H,3-4,14H2,1-2H3. The number of anilines is 1. The number of nitrogen functional groups attached to an aromatic ring is 1. The Bertz CT molecular complexity index is 533. The molecule has 2 rings (SSSR count). The van der Waals surface area contributed by atoms with E-state index in [1.165, 1.54) is 0 Å². The number of benzene rings is 1. The molecule has 0 aliphatic heterocycles. The zero-order chi connectivity index (χ0) is 13.1. The first-order valence-electron chi connectivity index (χ1n) is 6.00. The van der Waals surface area contributed by atoms with E-state index >= 15 is 0 Å². The maximum Gasteiger partial charge on any atom is 0.182 e. The number of nitrogens with two attached hydrogens (primary N) is 1. The molecular weight excluding hydrogens is 294 g/mol. The summed E-state index contributed by atoms with van der Waals surface area (Å²) < 4.78 is 2.76. The van der Waals surface area contributed by atoms with Gasteiger partial charge in [0.2, 0.25) is 0 Å². The highest BCUT2D eigenvalue weighted by atomic mass is 79.9. The van der Waals surface area contributed by atoms with Crippen LogP contribution in [-0.4, -0.2) is 20.2 Å². The SMILES string of the molecule is CCC(CC)n1nnnc1-c1ccc(Br)c(N)c1. The van der Waals surface area contributed by atoms with Crippen molar-refractivity contribution in [1.29, 1.82) is 0 Å². The summed E-state index contributed by atoms with van der Waals surface area (Å²) in [6.45, 7) is 4.27. The van der Waals surface area contributed by atoms with Crippen LogP contribution in [0.2, 0.25) is 0 Å². The van der Waals surface area contributed by atoms with Crippen LogP contribution < -0.4 is 5.73 Å². The van der Waals surface area contributed by atoms with Crippen LogP contribution in [0, 0.1) is 0 Å². The van der Waals surface area contributed by atoms with Crippen LogP contribution in [0.25, 0.3) is 11.4 Å². The van der Waals surface area contributed by atoms with E-state index in [2.05, 4.69) is 45.3 Å². The smallest absolute Gasteiger partial charge is 0.182 e. The number of rotatable bonds is 4. The molecule has 1 aromatic heterocycles. The van der Waals surface area contributed by atoms with Crippen molar-refractivity contribution in [1.82, 2.24) is 20.2 Å². The molecule has 5 nitrogen and oxygen atoms in total. The number of nitrogens with zero attached hydrogens (tertiary/aromatic N) is 4. The van der Waals surface area contributed by atoms with Crippen LogP contribution in [0.15, 0.2) is 22.7 Å². The Hall–Kier alpha value is -1.43. The summed E-state index contributed by atoms with van der Waals surface area (Å²) in [6.07, 6.45) is 2.00. The fourth-order valence-electron chi connectivity index (χ4n) is 1.95. The summed E-state index contributed by atoms with van der Waals surface area (Å²) in [6, 6.07) is 6.08. The van der Waals surface area contributed by atoms with Crippen LogP contribution in [0.5, 0.6) is 0 Å². The first-order valence-corrected chi connectivity index (χ1v) is 6.79. The highest BCUT2D eigenvalue weighted by molar-refractivity contribution is 9.10. The third-order valence-corrected chi connectivity index (χ3v) is 3.76. The van der Waals surface area contributed by atoms with E-state index in [0.717, 1.165) is 28.7 Å². The minimum Gasteiger partial charge on any atom is -0.398 e. The first kappa shape index (κ1) is 13.0. The van der Waals surface area contributed by atoms with Gasteiger partial charge in [0.25, 0.3) is 0 Å². The molecule has 0 bridgehead atoms. The molecule has 0 aliphatic carbocycles. The summed E-state index contributed by atoms with van der Waals surface area (Å²) in [5, 5.41) is 12.0. The van der Waals surface area contributed by atoms with Crippen molar-refractivity contribution in [3.63, 3.8) is 0 Å². The van der Waals surface area contributed by atoms with E-state index in [1.54, 1.807) is 0 Å². The average Bonchev–Trinajstić information content (AvgIpc) is 2.83. The molecule has 2 N–H and O–H groups in total. The Morgan fingerprint density at radius 2 is 2.06 bits per heavy atom. The fourth-order valence-corrected chi connectivity index (χ4v) is 2.19. The Labute approximate surface area is 115 Å². The number of hydrogen-bond acceptors (Lipinski definition) is 4. The summed E-state index contributed by atoms with van der Waals surface area (Å²) in [4.78, 5) is 0. The van der Waals surface area contributed by atoms with Crippen LogP contribution in [0.1, 0.15) is 32.7 Å². The predicted octanol–water partition coefficient (Wildman–Crippen LogP) is 3.05. The van der Waals surface area contributed by atoms with Crippen molar-refractivity contribution in [3.05, 3.63) is 22.7 Å². The predicted molar refractivity (Wildman–Crippen MR) is 75.0 cm³/mol. The molecule has 0 fully saturated rings. The van der Waals surface area contributed by atoms with Crippen molar-refractivity contribution in [3.8, 4) is 11.4 Å². The molecule has 2 aromatic rings. The lowest BCUT2D eigenvalue weighted by molar-refractivity contribution is 0.422. The van der Waals surface area contributed by atoms with Crippen molar-refractivity contribution in [2.75, 3.05) is 5.73 Å². The molecule has 0 amide bonds. The molecule has 0 saturated heterocycles. The molecule has 0 unspecified atom stereocenters. The van der Waals surface area contributed by atoms with E-state index in [0.29, 0.717) is 11.7 Å². The number of aromatic nitrogens is 4. The van der Waals surface area contributed by atoms with Gasteiger partial charge in [0.1, 0.15) is 0 Å². The molecule has 96 valence electrons. The van der Waals surface area contributed by atoms with Gasteiger partial charge in [-0.05, 0) is 57.4 Å². The highest BCUT2D eigenvalue weighted by Crippen LogP contribution is 2.27. The molecule has 0 spiro atoms. The van der Waals surface area contributed by atoms with Gasteiger partial charge in [0.05, 0.1) is 6.04 Å². The van der Waals surface area contributed by atoms with Gasteiger partial charge in [-0.3, -0.25) is 0 Å². The van der Waals surface area contributed by atoms with Gasteiger partial charge in [-0.15, -0.1) is 5.10 Å². The molecule has 1 aromatic carbocycles. The topological polar surface area (TPSA) is 69.6 Å². The minimum atomic E-state index is 0.319. The van der Waals surface area contributed by atoms with Gasteiger partial charge >= 0.3 is 0 Å². The largest absolute Gasteiger partial charge is 0.398 e. The van der Waals surface area contributed by atoms with E-state index in [1.807, 2.05) is 22.9 Å². The maximum atomic E-state index is 5.89. The number of tetrazole rings is 1. The third-order valence-electron chi connectivity index (χ3n) is 3.04. The number of halogens is 1. The lowest BCUT2D eigenvalue weighted by Crippen LogP contribution is -2.10.